The van der Waals surface area contributed by atoms with Crippen molar-refractivity contribution in [2.45, 2.75) is 12.0 Å². The van der Waals surface area contributed by atoms with Gasteiger partial charge in [-0.3, -0.25) is 0 Å². The number of nitrogens with one attached hydrogen (secondary N) is 1. The van der Waals surface area contributed by atoms with Crippen LogP contribution >= 0.6 is 11.3 Å². The Labute approximate surface area is 162 Å². The summed E-state index contributed by atoms with van der Waals surface area (Å²) in [5, 5.41) is 12.9. The lowest BCUT2D eigenvalue weighted by Gasteiger charge is -2.25. The van der Waals surface area contributed by atoms with E-state index in [0.29, 0.717) is 17.1 Å². The predicted molar refractivity (Wildman–Crippen MR) is 105 cm³/mol. The van der Waals surface area contributed by atoms with Crippen molar-refractivity contribution in [1.82, 2.24) is 4.72 Å². The Balaban J connectivity index is 1.67. The molecule has 0 fully saturated rings. The Morgan fingerprint density at radius 1 is 1.19 bits per heavy atom. The highest BCUT2D eigenvalue weighted by Gasteiger charge is 2.36. The lowest BCUT2D eigenvalue weighted by Crippen LogP contribution is -2.41. The summed E-state index contributed by atoms with van der Waals surface area (Å²) < 4.78 is 37.8. The highest BCUT2D eigenvalue weighted by atomic mass is 32.2. The summed E-state index contributed by atoms with van der Waals surface area (Å²) in [6.07, 6.45) is 1.81. The zero-order valence-electron chi connectivity index (χ0n) is 14.8. The van der Waals surface area contributed by atoms with Crippen molar-refractivity contribution in [1.29, 1.82) is 0 Å². The first-order valence-electron chi connectivity index (χ1n) is 8.33. The molecule has 3 aromatic rings. The van der Waals surface area contributed by atoms with E-state index in [4.69, 9.17) is 9.15 Å². The van der Waals surface area contributed by atoms with Crippen LogP contribution in [0.3, 0.4) is 0 Å². The number of furan rings is 1. The summed E-state index contributed by atoms with van der Waals surface area (Å²) in [6, 6.07) is 14.1. The largest absolute Gasteiger partial charge is 0.497 e. The van der Waals surface area contributed by atoms with Crippen LogP contribution in [0.5, 0.6) is 5.75 Å². The Bertz CT molecular complexity index is 898. The van der Waals surface area contributed by atoms with Crippen molar-refractivity contribution < 1.29 is 22.7 Å². The average Bonchev–Trinajstić information content (AvgIpc) is 3.39. The number of aryl methyl sites for hydroxylation is 1. The predicted octanol–water partition coefficient (Wildman–Crippen LogP) is 2.75. The van der Waals surface area contributed by atoms with Gasteiger partial charge in [0, 0.05) is 4.88 Å². The van der Waals surface area contributed by atoms with Crippen LogP contribution in [0.4, 0.5) is 0 Å². The molecule has 0 aliphatic carbocycles. The van der Waals surface area contributed by atoms with E-state index in [1.54, 1.807) is 43.5 Å². The zero-order valence-corrected chi connectivity index (χ0v) is 16.4. The van der Waals surface area contributed by atoms with Crippen molar-refractivity contribution in [3.8, 4) is 5.75 Å². The van der Waals surface area contributed by atoms with Gasteiger partial charge in [0.05, 0.1) is 25.7 Å². The maximum absolute atomic E-state index is 12.4. The molecule has 0 aliphatic heterocycles. The van der Waals surface area contributed by atoms with Crippen molar-refractivity contribution in [3.05, 3.63) is 76.4 Å². The molecule has 144 valence electrons. The van der Waals surface area contributed by atoms with Crippen LogP contribution in [0.1, 0.15) is 16.2 Å². The third-order valence-corrected chi connectivity index (χ3v) is 6.57. The third kappa shape index (κ3) is 4.78. The molecule has 0 aliphatic rings. The molecule has 3 rings (SSSR count). The van der Waals surface area contributed by atoms with Gasteiger partial charge in [-0.1, -0.05) is 18.2 Å². The maximum Gasteiger partial charge on any atom is 0.212 e. The highest BCUT2D eigenvalue weighted by molar-refractivity contribution is 7.89. The molecule has 0 saturated carbocycles. The van der Waals surface area contributed by atoms with E-state index in [1.165, 1.54) is 17.6 Å². The van der Waals surface area contributed by atoms with E-state index in [1.807, 2.05) is 17.5 Å². The Kier molecular flexibility index (Phi) is 6.01. The van der Waals surface area contributed by atoms with Gasteiger partial charge in [0.1, 0.15) is 11.5 Å². The van der Waals surface area contributed by atoms with E-state index in [-0.39, 0.29) is 12.3 Å². The first-order valence-corrected chi connectivity index (χ1v) is 10.9. The van der Waals surface area contributed by atoms with Gasteiger partial charge in [-0.25, -0.2) is 13.1 Å². The molecule has 0 radical (unpaired) electrons. The van der Waals surface area contributed by atoms with Crippen molar-refractivity contribution in [3.63, 3.8) is 0 Å². The van der Waals surface area contributed by atoms with E-state index < -0.39 is 15.6 Å². The lowest BCUT2D eigenvalue weighted by atomic mass is 9.99. The SMILES string of the molecule is COc1ccc(CCS(=O)(=O)NC[C@](O)(c2ccco2)c2cccs2)cc1. The molecular weight excluding hydrogens is 386 g/mol. The van der Waals surface area contributed by atoms with E-state index >= 15 is 0 Å². The summed E-state index contributed by atoms with van der Waals surface area (Å²) in [4.78, 5) is 0.607. The van der Waals surface area contributed by atoms with Gasteiger partial charge in [0.15, 0.2) is 5.60 Å². The van der Waals surface area contributed by atoms with E-state index in [2.05, 4.69) is 4.72 Å². The van der Waals surface area contributed by atoms with Crippen LogP contribution in [0.25, 0.3) is 0 Å². The van der Waals surface area contributed by atoms with Crippen LogP contribution < -0.4 is 9.46 Å². The molecule has 1 aromatic carbocycles. The average molecular weight is 408 g/mol. The monoisotopic (exact) mass is 407 g/mol. The number of ether oxygens (including phenoxy) is 1. The first kappa shape index (κ1) is 19.6. The van der Waals surface area contributed by atoms with Gasteiger partial charge in [-0.05, 0) is 47.7 Å². The number of thiophene rings is 1. The molecule has 27 heavy (non-hydrogen) atoms. The number of aliphatic hydroxyl groups is 1. The number of hydrogen-bond donors (Lipinski definition) is 2. The van der Waals surface area contributed by atoms with E-state index in [9.17, 15) is 13.5 Å². The number of sulfonamides is 1. The Morgan fingerprint density at radius 3 is 2.56 bits per heavy atom. The third-order valence-electron chi connectivity index (χ3n) is 4.22. The van der Waals surface area contributed by atoms with Crippen molar-refractivity contribution in [2.75, 3.05) is 19.4 Å². The molecule has 0 unspecified atom stereocenters. The number of hydrogen-bond acceptors (Lipinski definition) is 6. The first-order chi connectivity index (χ1) is 12.9. The molecule has 2 N–H and O–H groups in total. The van der Waals surface area contributed by atoms with E-state index in [0.717, 1.165) is 11.3 Å². The van der Waals surface area contributed by atoms with Gasteiger partial charge in [0.2, 0.25) is 10.0 Å². The molecule has 2 heterocycles. The van der Waals surface area contributed by atoms with Gasteiger partial charge < -0.3 is 14.3 Å². The summed E-state index contributed by atoms with van der Waals surface area (Å²) >= 11 is 1.34. The van der Waals surface area contributed by atoms with Crippen LogP contribution in [0, 0.1) is 0 Å². The lowest BCUT2D eigenvalue weighted by molar-refractivity contribution is 0.0655. The Morgan fingerprint density at radius 2 is 1.96 bits per heavy atom. The summed E-state index contributed by atoms with van der Waals surface area (Å²) in [5.74, 6) is 0.930. The fraction of sp³-hybridized carbons (Fsp3) is 0.263. The second-order valence-electron chi connectivity index (χ2n) is 6.05. The quantitative estimate of drug-likeness (QED) is 0.569. The summed E-state index contributed by atoms with van der Waals surface area (Å²) in [5.41, 5.74) is -0.661. The Hall–Kier alpha value is -2.13. The number of rotatable bonds is 9. The molecule has 8 heteroatoms. The highest BCUT2D eigenvalue weighted by Crippen LogP contribution is 2.32. The molecule has 0 amide bonds. The smallest absolute Gasteiger partial charge is 0.212 e. The second kappa shape index (κ2) is 8.26. The maximum atomic E-state index is 12.4. The molecule has 1 atom stereocenters. The summed E-state index contributed by atoms with van der Waals surface area (Å²) in [6.45, 7) is -0.202. The minimum atomic E-state index is -3.59. The fourth-order valence-electron chi connectivity index (χ4n) is 2.65. The van der Waals surface area contributed by atoms with Crippen molar-refractivity contribution >= 4 is 21.4 Å². The number of benzene rings is 1. The second-order valence-corrected chi connectivity index (χ2v) is 8.93. The van der Waals surface area contributed by atoms with Gasteiger partial charge in [-0.2, -0.15) is 0 Å². The van der Waals surface area contributed by atoms with Crippen LogP contribution in [-0.4, -0.2) is 32.9 Å². The van der Waals surface area contributed by atoms with Gasteiger partial charge in [0.25, 0.3) is 0 Å². The van der Waals surface area contributed by atoms with Crippen LogP contribution in [-0.2, 0) is 22.0 Å². The minimum Gasteiger partial charge on any atom is -0.497 e. The van der Waals surface area contributed by atoms with Crippen LogP contribution in [0.15, 0.2) is 64.6 Å². The fourth-order valence-corrected chi connectivity index (χ4v) is 4.56. The zero-order chi connectivity index (χ0) is 19.3. The standard InChI is InChI=1S/C19H21NO5S2/c1-24-16-8-6-15(7-9-16)10-13-27(22,23)20-14-19(21,17-4-2-11-25-17)18-5-3-12-26-18/h2-9,11-12,20-21H,10,13-14H2,1H3/t19-/m0/s1. The molecule has 2 aromatic heterocycles. The molecular formula is C19H21NO5S2. The van der Waals surface area contributed by atoms with Crippen LogP contribution in [0.2, 0.25) is 0 Å². The number of methoxy groups -OCH3 is 1. The molecule has 0 saturated heterocycles. The molecule has 0 bridgehead atoms. The minimum absolute atomic E-state index is 0.0853. The molecule has 6 nitrogen and oxygen atoms in total. The summed E-state index contributed by atoms with van der Waals surface area (Å²) in [7, 11) is -2.01. The normalized spacial score (nSPS) is 14.0. The van der Waals surface area contributed by atoms with Crippen molar-refractivity contribution in [2.24, 2.45) is 0 Å². The van der Waals surface area contributed by atoms with Gasteiger partial charge in [-0.15, -0.1) is 11.3 Å². The van der Waals surface area contributed by atoms with Gasteiger partial charge >= 0.3 is 0 Å². The molecule has 0 spiro atoms. The topological polar surface area (TPSA) is 88.8 Å².